The van der Waals surface area contributed by atoms with E-state index in [1.54, 1.807) is 12.3 Å². The minimum absolute atomic E-state index is 0.0209. The summed E-state index contributed by atoms with van der Waals surface area (Å²) in [7, 11) is 0. The van der Waals surface area contributed by atoms with Crippen molar-refractivity contribution >= 4 is 16.7 Å². The normalized spacial score (nSPS) is 10.4. The van der Waals surface area contributed by atoms with Crippen LogP contribution in [-0.4, -0.2) is 15.8 Å². The van der Waals surface area contributed by atoms with Crippen LogP contribution in [0.15, 0.2) is 24.4 Å². The van der Waals surface area contributed by atoms with Gasteiger partial charge in [-0.05, 0) is 19.1 Å². The van der Waals surface area contributed by atoms with Crippen molar-refractivity contribution in [3.63, 3.8) is 0 Å². The molecule has 0 saturated heterocycles. The van der Waals surface area contributed by atoms with E-state index in [-0.39, 0.29) is 5.84 Å². The Kier molecular flexibility index (Phi) is 1.89. The van der Waals surface area contributed by atoms with Crippen LogP contribution >= 0.6 is 0 Å². The van der Waals surface area contributed by atoms with Gasteiger partial charge in [-0.1, -0.05) is 6.07 Å². The molecule has 0 radical (unpaired) electrons. The summed E-state index contributed by atoms with van der Waals surface area (Å²) in [5, 5.41) is 8.20. The number of nitrogens with two attached hydrogens (primary N) is 1. The predicted octanol–water partition coefficient (Wildman–Crippen LogP) is 1.22. The Hall–Kier alpha value is -1.97. The maximum atomic E-state index is 7.25. The van der Waals surface area contributed by atoms with Crippen molar-refractivity contribution in [2.24, 2.45) is 5.73 Å². The number of hydrogen-bond acceptors (Lipinski definition) is 3. The Morgan fingerprint density at radius 3 is 2.93 bits per heavy atom. The number of hydrogen-bond donors (Lipinski definition) is 2. The molecule has 0 unspecified atom stereocenters. The Labute approximate surface area is 81.3 Å². The number of aryl methyl sites for hydroxylation is 1. The van der Waals surface area contributed by atoms with E-state index in [0.29, 0.717) is 5.69 Å². The molecule has 0 fully saturated rings. The highest BCUT2D eigenvalue weighted by Gasteiger charge is 2.01. The number of nitrogens with zero attached hydrogens (tertiary/aromatic N) is 2. The van der Waals surface area contributed by atoms with E-state index in [1.165, 1.54) is 0 Å². The first-order valence-corrected chi connectivity index (χ1v) is 4.24. The molecule has 14 heavy (non-hydrogen) atoms. The third-order valence-corrected chi connectivity index (χ3v) is 1.99. The second kappa shape index (κ2) is 3.06. The van der Waals surface area contributed by atoms with E-state index < -0.39 is 0 Å². The average Bonchev–Trinajstić information content (AvgIpc) is 2.16. The van der Waals surface area contributed by atoms with Crippen LogP contribution in [0.25, 0.3) is 10.9 Å². The molecule has 0 aliphatic heterocycles. The van der Waals surface area contributed by atoms with E-state index in [4.69, 9.17) is 11.1 Å². The minimum Gasteiger partial charge on any atom is -0.382 e. The zero-order valence-corrected chi connectivity index (χ0v) is 7.78. The van der Waals surface area contributed by atoms with Crippen LogP contribution in [0, 0.1) is 12.3 Å². The van der Waals surface area contributed by atoms with Crippen molar-refractivity contribution in [3.8, 4) is 0 Å². The molecule has 0 spiro atoms. The van der Waals surface area contributed by atoms with Crippen molar-refractivity contribution in [3.05, 3.63) is 35.8 Å². The Morgan fingerprint density at radius 1 is 1.43 bits per heavy atom. The molecule has 4 nitrogen and oxygen atoms in total. The van der Waals surface area contributed by atoms with Crippen molar-refractivity contribution < 1.29 is 0 Å². The maximum Gasteiger partial charge on any atom is 0.141 e. The van der Waals surface area contributed by atoms with Gasteiger partial charge in [0.1, 0.15) is 11.5 Å². The van der Waals surface area contributed by atoms with Gasteiger partial charge in [-0.3, -0.25) is 15.4 Å². The highest BCUT2D eigenvalue weighted by molar-refractivity contribution is 5.96. The first-order chi connectivity index (χ1) is 6.66. The van der Waals surface area contributed by atoms with Crippen molar-refractivity contribution in [2.75, 3.05) is 0 Å². The van der Waals surface area contributed by atoms with Crippen LogP contribution in [0.2, 0.25) is 0 Å². The molecule has 0 aliphatic rings. The highest BCUT2D eigenvalue weighted by atomic mass is 14.8. The number of nitrogen functional groups attached to an aromatic ring is 1. The summed E-state index contributed by atoms with van der Waals surface area (Å²) in [6.45, 7) is 1.93. The van der Waals surface area contributed by atoms with Gasteiger partial charge in [0, 0.05) is 11.1 Å². The number of aromatic nitrogens is 2. The summed E-state index contributed by atoms with van der Waals surface area (Å²) in [6.07, 6.45) is 1.64. The summed E-state index contributed by atoms with van der Waals surface area (Å²) < 4.78 is 0. The summed E-state index contributed by atoms with van der Waals surface area (Å²) in [5.41, 5.74) is 7.61. The molecule has 0 saturated carbocycles. The number of nitrogens with one attached hydrogen (secondary N) is 1. The van der Waals surface area contributed by atoms with Gasteiger partial charge in [0.15, 0.2) is 0 Å². The van der Waals surface area contributed by atoms with Crippen molar-refractivity contribution in [2.45, 2.75) is 6.92 Å². The van der Waals surface area contributed by atoms with Gasteiger partial charge in [0.2, 0.25) is 0 Å². The molecule has 2 rings (SSSR count). The maximum absolute atomic E-state index is 7.25. The van der Waals surface area contributed by atoms with Gasteiger partial charge >= 0.3 is 0 Å². The fourth-order valence-corrected chi connectivity index (χ4v) is 1.28. The van der Waals surface area contributed by atoms with Crippen molar-refractivity contribution in [1.82, 2.24) is 9.97 Å². The predicted molar refractivity (Wildman–Crippen MR) is 55.3 cm³/mol. The lowest BCUT2D eigenvalue weighted by Gasteiger charge is -2.00. The second-order valence-electron chi connectivity index (χ2n) is 3.13. The summed E-state index contributed by atoms with van der Waals surface area (Å²) >= 11 is 0. The van der Waals surface area contributed by atoms with Gasteiger partial charge in [0.05, 0.1) is 11.7 Å². The monoisotopic (exact) mass is 186 g/mol. The van der Waals surface area contributed by atoms with E-state index in [0.717, 1.165) is 16.6 Å². The van der Waals surface area contributed by atoms with Crippen molar-refractivity contribution in [1.29, 1.82) is 5.41 Å². The molecular formula is C10H10N4. The third kappa shape index (κ3) is 1.42. The molecule has 4 heteroatoms. The molecule has 70 valence electrons. The van der Waals surface area contributed by atoms with Gasteiger partial charge in [0.25, 0.3) is 0 Å². The van der Waals surface area contributed by atoms with E-state index in [9.17, 15) is 0 Å². The lowest BCUT2D eigenvalue weighted by atomic mass is 10.2. The third-order valence-electron chi connectivity index (χ3n) is 1.99. The molecule has 0 bridgehead atoms. The summed E-state index contributed by atoms with van der Waals surface area (Å²) in [6, 6.07) is 5.64. The van der Waals surface area contributed by atoms with E-state index >= 15 is 0 Å². The Morgan fingerprint density at radius 2 is 2.21 bits per heavy atom. The summed E-state index contributed by atoms with van der Waals surface area (Å²) in [5.74, 6) is -0.0209. The first-order valence-electron chi connectivity index (χ1n) is 4.24. The quantitative estimate of drug-likeness (QED) is 0.519. The van der Waals surface area contributed by atoms with Crippen LogP contribution in [0.4, 0.5) is 0 Å². The minimum atomic E-state index is -0.0209. The standard InChI is InChI=1S/C10H10N4/c1-6-2-3-7-4-8(10(11)12)13-5-9(7)14-6/h2-5H,1H3,(H3,11,12). The number of pyridine rings is 2. The van der Waals surface area contributed by atoms with Crippen LogP contribution in [-0.2, 0) is 0 Å². The van der Waals surface area contributed by atoms with Crippen LogP contribution in [0.5, 0.6) is 0 Å². The van der Waals surface area contributed by atoms with Gasteiger partial charge in [-0.25, -0.2) is 0 Å². The first kappa shape index (κ1) is 8.62. The zero-order chi connectivity index (χ0) is 10.1. The van der Waals surface area contributed by atoms with Crippen LogP contribution in [0.3, 0.4) is 0 Å². The molecule has 2 aromatic rings. The second-order valence-corrected chi connectivity index (χ2v) is 3.13. The molecule has 3 N–H and O–H groups in total. The smallest absolute Gasteiger partial charge is 0.141 e. The highest BCUT2D eigenvalue weighted by Crippen LogP contribution is 2.11. The topological polar surface area (TPSA) is 75.7 Å². The van der Waals surface area contributed by atoms with Gasteiger partial charge < -0.3 is 5.73 Å². The number of rotatable bonds is 1. The number of amidine groups is 1. The SMILES string of the molecule is Cc1ccc2cc(C(=N)N)ncc2n1. The lowest BCUT2D eigenvalue weighted by molar-refractivity contribution is 1.21. The fourth-order valence-electron chi connectivity index (χ4n) is 1.28. The molecule has 0 aliphatic carbocycles. The van der Waals surface area contributed by atoms with Gasteiger partial charge in [-0.2, -0.15) is 0 Å². The molecular weight excluding hydrogens is 176 g/mol. The fraction of sp³-hybridized carbons (Fsp3) is 0.100. The molecule has 0 amide bonds. The largest absolute Gasteiger partial charge is 0.382 e. The Balaban J connectivity index is 2.67. The number of fused-ring (bicyclic) bond motifs is 1. The average molecular weight is 186 g/mol. The lowest BCUT2D eigenvalue weighted by Crippen LogP contribution is -2.12. The van der Waals surface area contributed by atoms with E-state index in [2.05, 4.69) is 9.97 Å². The van der Waals surface area contributed by atoms with Crippen LogP contribution in [0.1, 0.15) is 11.4 Å². The van der Waals surface area contributed by atoms with E-state index in [1.807, 2.05) is 19.1 Å². The van der Waals surface area contributed by atoms with Crippen LogP contribution < -0.4 is 5.73 Å². The molecule has 0 aromatic carbocycles. The molecule has 2 heterocycles. The summed E-state index contributed by atoms with van der Waals surface area (Å²) in [4.78, 5) is 8.34. The van der Waals surface area contributed by atoms with Gasteiger partial charge in [-0.15, -0.1) is 0 Å². The molecule has 2 aromatic heterocycles. The molecule has 0 atom stereocenters. The Bertz CT molecular complexity index is 504. The zero-order valence-electron chi connectivity index (χ0n) is 7.78.